The summed E-state index contributed by atoms with van der Waals surface area (Å²) >= 11 is 0. The van der Waals surface area contributed by atoms with Crippen LogP contribution in [0.3, 0.4) is 0 Å². The van der Waals surface area contributed by atoms with E-state index in [-0.39, 0.29) is 18.2 Å². The molecule has 2 rings (SSSR count). The fourth-order valence-electron chi connectivity index (χ4n) is 3.36. The molecule has 1 saturated heterocycles. The molecule has 0 spiro atoms. The monoisotopic (exact) mass is 428 g/mol. The van der Waals surface area contributed by atoms with E-state index < -0.39 is 12.8 Å². The zero-order valence-electron chi connectivity index (χ0n) is 17.8. The zero-order chi connectivity index (χ0) is 22.1. The minimum atomic E-state index is -4.40. The van der Waals surface area contributed by atoms with Gasteiger partial charge >= 0.3 is 6.18 Å². The normalized spacial score (nSPS) is 17.6. The topological polar surface area (TPSA) is 66.0 Å². The van der Waals surface area contributed by atoms with E-state index in [1.165, 1.54) is 0 Å². The fraction of sp³-hybridized carbons (Fsp3) is 0.619. The van der Waals surface area contributed by atoms with Crippen LogP contribution in [0.25, 0.3) is 0 Å². The molecule has 0 aromatic heterocycles. The van der Waals surface area contributed by atoms with Gasteiger partial charge in [-0.1, -0.05) is 19.1 Å². The van der Waals surface area contributed by atoms with Gasteiger partial charge in [-0.15, -0.1) is 0 Å². The molecule has 9 heteroatoms. The molecule has 1 atom stereocenters. The summed E-state index contributed by atoms with van der Waals surface area (Å²) in [7, 11) is 1.60. The third kappa shape index (κ3) is 8.12. The summed E-state index contributed by atoms with van der Waals surface area (Å²) in [6.45, 7) is 4.89. The number of aliphatic imine (C=N–C) groups is 1. The van der Waals surface area contributed by atoms with E-state index >= 15 is 0 Å². The van der Waals surface area contributed by atoms with Gasteiger partial charge in [0.25, 0.3) is 0 Å². The molecule has 1 aliphatic heterocycles. The van der Waals surface area contributed by atoms with Crippen LogP contribution in [0, 0.1) is 12.8 Å². The van der Waals surface area contributed by atoms with E-state index in [4.69, 9.17) is 4.74 Å². The van der Waals surface area contributed by atoms with Gasteiger partial charge in [0.15, 0.2) is 12.6 Å². The molecule has 0 aliphatic carbocycles. The zero-order valence-corrected chi connectivity index (χ0v) is 17.8. The number of guanidine groups is 1. The lowest BCUT2D eigenvalue weighted by Crippen LogP contribution is -2.42. The molecule has 2 N–H and O–H groups in total. The second-order valence-electron chi connectivity index (χ2n) is 7.70. The van der Waals surface area contributed by atoms with Gasteiger partial charge in [-0.25, -0.2) is 0 Å². The molecule has 1 fully saturated rings. The first-order valence-corrected chi connectivity index (χ1v) is 10.2. The maximum Gasteiger partial charge on any atom is 0.422 e. The number of alkyl halides is 3. The van der Waals surface area contributed by atoms with E-state index in [1.807, 2.05) is 11.0 Å². The SMILES string of the molecule is CN=C(NCCC(=O)N1CCCC(C)C1)NCc1ccc(C)cc1OCC(F)(F)F. The number of rotatable bonds is 7. The van der Waals surface area contributed by atoms with Crippen molar-refractivity contribution in [2.75, 3.05) is 33.3 Å². The van der Waals surface area contributed by atoms with Gasteiger partial charge in [-0.2, -0.15) is 13.2 Å². The van der Waals surface area contributed by atoms with E-state index in [2.05, 4.69) is 22.5 Å². The average Bonchev–Trinajstić information content (AvgIpc) is 2.69. The lowest BCUT2D eigenvalue weighted by molar-refractivity contribution is -0.153. The van der Waals surface area contributed by atoms with Gasteiger partial charge in [-0.3, -0.25) is 9.79 Å². The molecule has 1 unspecified atom stereocenters. The van der Waals surface area contributed by atoms with Crippen LogP contribution < -0.4 is 15.4 Å². The highest BCUT2D eigenvalue weighted by Gasteiger charge is 2.28. The first-order valence-electron chi connectivity index (χ1n) is 10.2. The first-order chi connectivity index (χ1) is 14.2. The Balaban J connectivity index is 1.83. The van der Waals surface area contributed by atoms with Gasteiger partial charge in [-0.05, 0) is 37.3 Å². The maximum absolute atomic E-state index is 12.5. The van der Waals surface area contributed by atoms with Crippen molar-refractivity contribution >= 4 is 11.9 Å². The van der Waals surface area contributed by atoms with Crippen molar-refractivity contribution in [2.24, 2.45) is 10.9 Å². The maximum atomic E-state index is 12.5. The van der Waals surface area contributed by atoms with E-state index in [0.29, 0.717) is 30.4 Å². The molecule has 168 valence electrons. The second kappa shape index (κ2) is 11.1. The predicted octanol–water partition coefficient (Wildman–Crippen LogP) is 3.25. The molecule has 1 aromatic rings. The van der Waals surface area contributed by atoms with Crippen LogP contribution >= 0.6 is 0 Å². The molecular weight excluding hydrogens is 397 g/mol. The molecule has 0 radical (unpaired) electrons. The molecule has 6 nitrogen and oxygen atoms in total. The lowest BCUT2D eigenvalue weighted by Gasteiger charge is -2.31. The van der Waals surface area contributed by atoms with Crippen LogP contribution in [-0.2, 0) is 11.3 Å². The summed E-state index contributed by atoms with van der Waals surface area (Å²) in [5.41, 5.74) is 1.40. The number of nitrogens with one attached hydrogen (secondary N) is 2. The van der Waals surface area contributed by atoms with E-state index in [9.17, 15) is 18.0 Å². The third-order valence-electron chi connectivity index (χ3n) is 4.92. The van der Waals surface area contributed by atoms with Crippen molar-refractivity contribution in [1.82, 2.24) is 15.5 Å². The number of amides is 1. The van der Waals surface area contributed by atoms with Crippen LogP contribution in [0.5, 0.6) is 5.75 Å². The van der Waals surface area contributed by atoms with Crippen LogP contribution in [-0.4, -0.2) is 56.2 Å². The molecule has 0 saturated carbocycles. The van der Waals surface area contributed by atoms with Gasteiger partial charge in [0, 0.05) is 45.2 Å². The molecule has 1 heterocycles. The number of halogens is 3. The highest BCUT2D eigenvalue weighted by atomic mass is 19.4. The van der Waals surface area contributed by atoms with Crippen LogP contribution in [0.4, 0.5) is 13.2 Å². The summed E-state index contributed by atoms with van der Waals surface area (Å²) in [6, 6.07) is 5.12. The Bertz CT molecular complexity index is 737. The number of benzene rings is 1. The van der Waals surface area contributed by atoms with E-state index in [1.54, 1.807) is 26.1 Å². The Morgan fingerprint density at radius 3 is 2.77 bits per heavy atom. The Morgan fingerprint density at radius 1 is 1.33 bits per heavy atom. The third-order valence-corrected chi connectivity index (χ3v) is 4.92. The van der Waals surface area contributed by atoms with Gasteiger partial charge in [0.05, 0.1) is 0 Å². The Morgan fingerprint density at radius 2 is 2.10 bits per heavy atom. The van der Waals surface area contributed by atoms with Crippen LogP contribution in [0.2, 0.25) is 0 Å². The Hall–Kier alpha value is -2.45. The molecule has 1 aliphatic rings. The summed E-state index contributed by atoms with van der Waals surface area (Å²) < 4.78 is 42.5. The van der Waals surface area contributed by atoms with Crippen molar-refractivity contribution in [1.29, 1.82) is 0 Å². The van der Waals surface area contributed by atoms with Crippen molar-refractivity contribution < 1.29 is 22.7 Å². The van der Waals surface area contributed by atoms with Gasteiger partial charge < -0.3 is 20.3 Å². The number of piperidine rings is 1. The number of aryl methyl sites for hydroxylation is 1. The highest BCUT2D eigenvalue weighted by molar-refractivity contribution is 5.81. The quantitative estimate of drug-likeness (QED) is 0.517. The van der Waals surface area contributed by atoms with Gasteiger partial charge in [0.2, 0.25) is 5.91 Å². The standard InChI is InChI=1S/C21H31F3N4O2/c1-15-6-7-17(18(11-15)30-14-21(22,23)24)12-27-20(25-3)26-9-8-19(29)28-10-4-5-16(2)13-28/h6-7,11,16H,4-5,8-10,12-14H2,1-3H3,(H2,25,26,27). The lowest BCUT2D eigenvalue weighted by atomic mass is 10.00. The molecule has 0 bridgehead atoms. The Labute approximate surface area is 175 Å². The first kappa shape index (κ1) is 23.8. The second-order valence-corrected chi connectivity index (χ2v) is 7.70. The average molecular weight is 428 g/mol. The highest BCUT2D eigenvalue weighted by Crippen LogP contribution is 2.23. The molecule has 30 heavy (non-hydrogen) atoms. The minimum absolute atomic E-state index is 0.117. The molecule has 1 amide bonds. The van der Waals surface area contributed by atoms with Gasteiger partial charge in [0.1, 0.15) is 5.75 Å². The van der Waals surface area contributed by atoms with Crippen molar-refractivity contribution in [2.45, 2.75) is 45.8 Å². The summed E-state index contributed by atoms with van der Waals surface area (Å²) in [4.78, 5) is 18.4. The number of nitrogens with zero attached hydrogens (tertiary/aromatic N) is 2. The number of hydrogen-bond donors (Lipinski definition) is 2. The number of likely N-dealkylation sites (tertiary alicyclic amines) is 1. The minimum Gasteiger partial charge on any atom is -0.484 e. The number of carbonyl (C=O) groups excluding carboxylic acids is 1. The van der Waals surface area contributed by atoms with Crippen LogP contribution in [0.15, 0.2) is 23.2 Å². The van der Waals surface area contributed by atoms with Crippen molar-refractivity contribution in [3.05, 3.63) is 29.3 Å². The van der Waals surface area contributed by atoms with Crippen molar-refractivity contribution in [3.63, 3.8) is 0 Å². The fourth-order valence-corrected chi connectivity index (χ4v) is 3.36. The number of ether oxygens (including phenoxy) is 1. The van der Waals surface area contributed by atoms with Crippen LogP contribution in [0.1, 0.15) is 37.3 Å². The molecule has 1 aromatic carbocycles. The predicted molar refractivity (Wildman–Crippen MR) is 111 cm³/mol. The van der Waals surface area contributed by atoms with E-state index in [0.717, 1.165) is 31.5 Å². The Kier molecular flexibility index (Phi) is 8.80. The smallest absolute Gasteiger partial charge is 0.422 e. The summed E-state index contributed by atoms with van der Waals surface area (Å²) in [5.74, 6) is 1.31. The largest absolute Gasteiger partial charge is 0.484 e. The van der Waals surface area contributed by atoms with Crippen molar-refractivity contribution in [3.8, 4) is 5.75 Å². The number of carbonyl (C=O) groups is 1. The number of hydrogen-bond acceptors (Lipinski definition) is 3. The summed E-state index contributed by atoms with van der Waals surface area (Å²) in [6.07, 6.45) is -1.84. The molecular formula is C21H31F3N4O2. The summed E-state index contributed by atoms with van der Waals surface area (Å²) in [5, 5.41) is 6.13.